The third-order valence-electron chi connectivity index (χ3n) is 10.8. The molecule has 11 nitrogen and oxygen atoms in total. The van der Waals surface area contributed by atoms with Crippen LogP contribution < -0.4 is 13.8 Å². The number of aryl methyl sites for hydroxylation is 1. The van der Waals surface area contributed by atoms with E-state index in [2.05, 4.69) is 40.3 Å². The third-order valence-corrected chi connectivity index (χ3v) is 11.8. The predicted octanol–water partition coefficient (Wildman–Crippen LogP) is 9.60. The monoisotopic (exact) mass is 768 g/mol. The molecule has 3 N–H and O–H groups in total. The highest BCUT2D eigenvalue weighted by atomic mass is 35.5. The standard InChI is InChI=1S/C41H45ClN6O5S/c1-23-9-12-30(27(5)28-11-14-35(49)31(42)20-28)36(19-23)53-54(51)46-32-21-29(10-13-34(32)47-15-7-8-16-47)39-44-40-37(33(43-6)22-48(40)45-39)41(50)52-38-25(3)17-24(2)18-26(38)4/h9-14,19-22,24-27,38,46,49H,7-8,15-18H2,1-5H3,(H,44,45). The molecule has 2 aromatic heterocycles. The first-order valence-electron chi connectivity index (χ1n) is 18.4. The van der Waals surface area contributed by atoms with E-state index in [9.17, 15) is 14.1 Å². The van der Waals surface area contributed by atoms with Gasteiger partial charge in [0.15, 0.2) is 11.5 Å². The molecule has 1 aliphatic carbocycles. The van der Waals surface area contributed by atoms with E-state index in [1.165, 1.54) is 0 Å². The zero-order valence-electron chi connectivity index (χ0n) is 31.1. The highest BCUT2D eigenvalue weighted by Crippen LogP contribution is 2.39. The largest absolute Gasteiger partial charge is 0.506 e. The molecule has 3 aromatic carbocycles. The molecule has 2 fully saturated rings. The number of fused-ring (bicyclic) bond motifs is 1. The van der Waals surface area contributed by atoms with E-state index in [1.807, 2.05) is 50.2 Å². The smallest absolute Gasteiger partial charge is 0.331 e. The molecule has 0 bridgehead atoms. The summed E-state index contributed by atoms with van der Waals surface area (Å²) in [6.07, 6.45) is 5.40. The normalized spacial score (nSPS) is 21.1. The lowest BCUT2D eigenvalue weighted by molar-refractivity contribution is -0.0249. The molecule has 1 aliphatic heterocycles. The molecule has 1 saturated heterocycles. The first-order chi connectivity index (χ1) is 25.9. The number of esters is 1. The van der Waals surface area contributed by atoms with E-state index in [0.717, 1.165) is 61.2 Å². The van der Waals surface area contributed by atoms with E-state index in [4.69, 9.17) is 32.1 Å². The van der Waals surface area contributed by atoms with Crippen LogP contribution in [0.2, 0.25) is 5.02 Å². The Hall–Kier alpha value is -4.99. The van der Waals surface area contributed by atoms with Gasteiger partial charge in [0, 0.05) is 36.3 Å². The molecular weight excluding hydrogens is 724 g/mol. The number of rotatable bonds is 10. The third kappa shape index (κ3) is 7.52. The van der Waals surface area contributed by atoms with Gasteiger partial charge in [0.2, 0.25) is 5.69 Å². The van der Waals surface area contributed by atoms with Crippen LogP contribution in [0.1, 0.15) is 86.3 Å². The number of anilines is 2. The van der Waals surface area contributed by atoms with Crippen molar-refractivity contribution < 1.29 is 23.0 Å². The zero-order chi connectivity index (χ0) is 38.3. The minimum absolute atomic E-state index is 0.00598. The summed E-state index contributed by atoms with van der Waals surface area (Å²) in [5.74, 6) is 1.21. The van der Waals surface area contributed by atoms with Crippen LogP contribution in [-0.2, 0) is 16.0 Å². The number of H-pyrrole nitrogens is 1. The van der Waals surface area contributed by atoms with Gasteiger partial charge in [-0.15, -0.1) is 0 Å². The van der Waals surface area contributed by atoms with Crippen molar-refractivity contribution in [3.63, 3.8) is 0 Å². The van der Waals surface area contributed by atoms with Crippen LogP contribution in [0, 0.1) is 31.2 Å². The van der Waals surface area contributed by atoms with Gasteiger partial charge in [-0.2, -0.15) is 4.21 Å². The van der Waals surface area contributed by atoms with E-state index < -0.39 is 17.2 Å². The maximum Gasteiger partial charge on any atom is 0.331 e. The summed E-state index contributed by atoms with van der Waals surface area (Å²) in [6.45, 7) is 19.9. The molecule has 4 atom stereocenters. The number of benzene rings is 3. The van der Waals surface area contributed by atoms with Crippen molar-refractivity contribution >= 4 is 51.5 Å². The molecule has 0 amide bonds. The molecule has 282 valence electrons. The fourth-order valence-corrected chi connectivity index (χ4v) is 9.06. The summed E-state index contributed by atoms with van der Waals surface area (Å²) in [5, 5.41) is 13.4. The van der Waals surface area contributed by atoms with Crippen LogP contribution >= 0.6 is 11.6 Å². The Balaban J connectivity index is 1.17. The molecule has 0 radical (unpaired) electrons. The molecule has 4 unspecified atom stereocenters. The second kappa shape index (κ2) is 15.4. The summed E-state index contributed by atoms with van der Waals surface area (Å²) >= 11 is 4.22. The highest BCUT2D eigenvalue weighted by molar-refractivity contribution is 7.82. The Morgan fingerprint density at radius 1 is 1.09 bits per heavy atom. The first kappa shape index (κ1) is 37.3. The molecule has 13 heteroatoms. The van der Waals surface area contributed by atoms with Crippen molar-refractivity contribution in [3.05, 3.63) is 99.5 Å². The van der Waals surface area contributed by atoms with Crippen LogP contribution in [0.5, 0.6) is 11.5 Å². The Morgan fingerprint density at radius 2 is 1.83 bits per heavy atom. The number of nitrogens with one attached hydrogen (secondary N) is 2. The van der Waals surface area contributed by atoms with E-state index >= 15 is 0 Å². The second-order valence-corrected chi connectivity index (χ2v) is 16.2. The molecule has 3 heterocycles. The maximum atomic E-state index is 13.8. The van der Waals surface area contributed by atoms with Gasteiger partial charge in [-0.3, -0.25) is 14.3 Å². The topological polar surface area (TPSA) is 126 Å². The molecule has 7 rings (SSSR count). The average Bonchev–Trinajstić information content (AvgIpc) is 3.88. The van der Waals surface area contributed by atoms with E-state index in [-0.39, 0.29) is 45.9 Å². The Labute approximate surface area is 323 Å². The lowest BCUT2D eigenvalue weighted by Crippen LogP contribution is -2.37. The number of nitrogens with zero attached hydrogens (tertiary/aromatic N) is 4. The number of halogens is 1. The average molecular weight is 769 g/mol. The van der Waals surface area contributed by atoms with Gasteiger partial charge in [-0.05, 0) is 97.9 Å². The van der Waals surface area contributed by atoms with Gasteiger partial charge in [-0.1, -0.05) is 57.5 Å². The second-order valence-electron chi connectivity index (χ2n) is 15.0. The molecule has 2 aliphatic rings. The van der Waals surface area contributed by atoms with Crippen LogP contribution in [0.25, 0.3) is 21.9 Å². The Bertz CT molecular complexity index is 2260. The quantitative estimate of drug-likeness (QED) is 0.0955. The van der Waals surface area contributed by atoms with Crippen molar-refractivity contribution in [2.75, 3.05) is 22.7 Å². The van der Waals surface area contributed by atoms with Crippen LogP contribution in [0.3, 0.4) is 0 Å². The maximum absolute atomic E-state index is 13.8. The van der Waals surface area contributed by atoms with Crippen LogP contribution in [-0.4, -0.2) is 49.1 Å². The number of aromatic amines is 1. The Kier molecular flexibility index (Phi) is 10.6. The van der Waals surface area contributed by atoms with Crippen molar-refractivity contribution in [2.45, 2.75) is 72.3 Å². The van der Waals surface area contributed by atoms with E-state index in [1.54, 1.807) is 28.9 Å². The number of hydrogen-bond donors (Lipinski definition) is 3. The van der Waals surface area contributed by atoms with Crippen molar-refractivity contribution in [1.82, 2.24) is 14.6 Å². The lowest BCUT2D eigenvalue weighted by atomic mass is 9.75. The van der Waals surface area contributed by atoms with Gasteiger partial charge in [0.1, 0.15) is 23.2 Å². The summed E-state index contributed by atoms with van der Waals surface area (Å²) in [6, 6.07) is 16.6. The number of aromatic nitrogens is 3. The number of carbonyl (C=O) groups excluding carboxylic acids is 1. The number of hydrogen-bond acceptors (Lipinski definition) is 7. The number of phenols is 1. The number of aromatic hydroxyl groups is 1. The first-order valence-corrected chi connectivity index (χ1v) is 19.9. The summed E-state index contributed by atoms with van der Waals surface area (Å²) in [4.78, 5) is 24.4. The van der Waals surface area contributed by atoms with Gasteiger partial charge in [-0.25, -0.2) is 14.6 Å². The molecule has 5 aromatic rings. The minimum atomic E-state index is -2.00. The number of phenolic OH excluding ortho intramolecular Hbond substituents is 1. The zero-order valence-corrected chi connectivity index (χ0v) is 32.6. The summed E-state index contributed by atoms with van der Waals surface area (Å²) < 4.78 is 30.8. The summed E-state index contributed by atoms with van der Waals surface area (Å²) in [5.41, 5.74) is 5.42. The van der Waals surface area contributed by atoms with Crippen LogP contribution in [0.15, 0.2) is 60.8 Å². The number of ether oxygens (including phenoxy) is 1. The Morgan fingerprint density at radius 3 is 2.54 bits per heavy atom. The van der Waals surface area contributed by atoms with Gasteiger partial charge in [0.25, 0.3) is 0 Å². The highest BCUT2D eigenvalue weighted by Gasteiger charge is 2.36. The molecule has 0 spiro atoms. The molecular formula is C41H45ClN6O5S. The molecule has 54 heavy (non-hydrogen) atoms. The fourth-order valence-electron chi connectivity index (χ4n) is 8.18. The van der Waals surface area contributed by atoms with Gasteiger partial charge >= 0.3 is 17.2 Å². The number of carbonyl (C=O) groups is 1. The van der Waals surface area contributed by atoms with Crippen molar-refractivity contribution in [3.8, 4) is 22.9 Å². The summed E-state index contributed by atoms with van der Waals surface area (Å²) in [7, 11) is 0. The SMILES string of the molecule is [C-]#[N+]c1cn2[nH]c(-c3ccc(N4CCCC4)c(NS(=O)Oc4cc(C)ccc4C(C)c4ccc(O)c(Cl)c4)c3)nc2c1C(=O)OC1C(C)CC(C)CC1C. The predicted molar refractivity (Wildman–Crippen MR) is 213 cm³/mol. The van der Waals surface area contributed by atoms with Crippen LogP contribution in [0.4, 0.5) is 17.1 Å². The van der Waals surface area contributed by atoms with Crippen molar-refractivity contribution in [2.24, 2.45) is 17.8 Å². The fraction of sp³-hybridized carbons (Fsp3) is 0.390. The van der Waals surface area contributed by atoms with Gasteiger partial charge in [0.05, 0.1) is 23.0 Å². The molecule has 1 saturated carbocycles. The minimum Gasteiger partial charge on any atom is -0.506 e. The van der Waals surface area contributed by atoms with E-state index in [0.29, 0.717) is 34.4 Å². The van der Waals surface area contributed by atoms with Gasteiger partial charge < -0.3 is 18.9 Å². The van der Waals surface area contributed by atoms with Crippen molar-refractivity contribution in [1.29, 1.82) is 0 Å². The lowest BCUT2D eigenvalue weighted by Gasteiger charge is -2.37.